The average Bonchev–Trinajstić information content (AvgIpc) is 2.57. The Bertz CT molecular complexity index is 539. The lowest BCUT2D eigenvalue weighted by Crippen LogP contribution is -1.99. The molecule has 0 spiro atoms. The number of hydrogen-bond donors (Lipinski definition) is 0. The minimum absolute atomic E-state index is 1.22. The quantitative estimate of drug-likeness (QED) is 0.445. The number of hydrogen-bond acceptors (Lipinski definition) is 0. The van der Waals surface area contributed by atoms with E-state index in [0.717, 1.165) is 0 Å². The van der Waals surface area contributed by atoms with Crippen LogP contribution in [0.25, 0.3) is 11.1 Å². The van der Waals surface area contributed by atoms with Crippen molar-refractivity contribution in [1.29, 1.82) is 0 Å². The van der Waals surface area contributed by atoms with Gasteiger partial charge in [0.05, 0.1) is 0 Å². The minimum atomic E-state index is 1.22. The fourth-order valence-corrected chi connectivity index (χ4v) is 3.17. The minimum Gasteiger partial charge on any atom is -0.0654 e. The average molecular weight is 294 g/mol. The molecule has 0 aliphatic rings. The number of rotatable bonds is 9. The molecule has 0 heterocycles. The van der Waals surface area contributed by atoms with E-state index in [0.29, 0.717) is 0 Å². The van der Waals surface area contributed by atoms with E-state index in [1.165, 1.54) is 62.5 Å². The van der Waals surface area contributed by atoms with Gasteiger partial charge in [-0.25, -0.2) is 0 Å². The van der Waals surface area contributed by atoms with Crippen molar-refractivity contribution in [3.05, 3.63) is 59.7 Å². The van der Waals surface area contributed by atoms with Gasteiger partial charge in [0.2, 0.25) is 0 Å². The van der Waals surface area contributed by atoms with Crippen LogP contribution in [0.1, 0.15) is 63.5 Å². The van der Waals surface area contributed by atoms with Gasteiger partial charge < -0.3 is 0 Å². The second-order valence-corrected chi connectivity index (χ2v) is 6.22. The first-order valence-corrected chi connectivity index (χ1v) is 9.03. The summed E-state index contributed by atoms with van der Waals surface area (Å²) in [7, 11) is 0. The smallest absolute Gasteiger partial charge is 0.0149 e. The molecule has 2 aromatic rings. The molecule has 0 atom stereocenters. The Labute approximate surface area is 136 Å². The third-order valence-electron chi connectivity index (χ3n) is 4.44. The Balaban J connectivity index is 2.28. The lowest BCUT2D eigenvalue weighted by Gasteiger charge is -2.15. The van der Waals surface area contributed by atoms with Gasteiger partial charge >= 0.3 is 0 Å². The normalized spacial score (nSPS) is 10.8. The van der Waals surface area contributed by atoms with Crippen molar-refractivity contribution in [3.8, 4) is 11.1 Å². The molecule has 118 valence electrons. The molecule has 0 amide bonds. The zero-order chi connectivity index (χ0) is 15.6. The maximum atomic E-state index is 2.35. The molecule has 0 radical (unpaired) electrons. The van der Waals surface area contributed by atoms with Crippen LogP contribution >= 0.6 is 0 Å². The fourth-order valence-electron chi connectivity index (χ4n) is 3.17. The first kappa shape index (κ1) is 16.8. The molecule has 0 heteroatoms. The lowest BCUT2D eigenvalue weighted by molar-refractivity contribution is 0.694. The molecule has 2 rings (SSSR count). The van der Waals surface area contributed by atoms with Gasteiger partial charge in [0.15, 0.2) is 0 Å². The fraction of sp³-hybridized carbons (Fsp3) is 0.455. The van der Waals surface area contributed by atoms with Crippen LogP contribution in [0.15, 0.2) is 48.5 Å². The molecule has 0 aliphatic heterocycles. The van der Waals surface area contributed by atoms with Crippen molar-refractivity contribution in [3.63, 3.8) is 0 Å². The van der Waals surface area contributed by atoms with Crippen molar-refractivity contribution in [1.82, 2.24) is 0 Å². The summed E-state index contributed by atoms with van der Waals surface area (Å²) in [6, 6.07) is 17.8. The van der Waals surface area contributed by atoms with Crippen LogP contribution in [0.4, 0.5) is 0 Å². The Hall–Kier alpha value is -1.56. The molecule has 0 saturated carbocycles. The third-order valence-corrected chi connectivity index (χ3v) is 4.44. The molecule has 22 heavy (non-hydrogen) atoms. The molecule has 0 unspecified atom stereocenters. The van der Waals surface area contributed by atoms with Crippen LogP contribution in [-0.2, 0) is 12.8 Å². The van der Waals surface area contributed by atoms with E-state index in [1.54, 1.807) is 11.1 Å². The van der Waals surface area contributed by atoms with Crippen molar-refractivity contribution < 1.29 is 0 Å². The van der Waals surface area contributed by atoms with Crippen LogP contribution in [-0.4, -0.2) is 0 Å². The van der Waals surface area contributed by atoms with Crippen LogP contribution < -0.4 is 0 Å². The van der Waals surface area contributed by atoms with Crippen LogP contribution in [0, 0.1) is 0 Å². The van der Waals surface area contributed by atoms with Crippen molar-refractivity contribution in [2.24, 2.45) is 0 Å². The lowest BCUT2D eigenvalue weighted by atomic mass is 9.89. The second kappa shape index (κ2) is 9.46. The maximum Gasteiger partial charge on any atom is -0.0149 e. The topological polar surface area (TPSA) is 0 Å². The molecule has 0 nitrogen and oxygen atoms in total. The van der Waals surface area contributed by atoms with E-state index >= 15 is 0 Å². The van der Waals surface area contributed by atoms with E-state index in [1.807, 2.05) is 0 Å². The Morgan fingerprint density at radius 2 is 1.32 bits per heavy atom. The van der Waals surface area contributed by atoms with E-state index < -0.39 is 0 Å². The van der Waals surface area contributed by atoms with Crippen LogP contribution in [0.5, 0.6) is 0 Å². The molecular formula is C22H30. The summed E-state index contributed by atoms with van der Waals surface area (Å²) in [6.45, 7) is 4.56. The Kier molecular flexibility index (Phi) is 7.22. The van der Waals surface area contributed by atoms with Crippen LogP contribution in [0.2, 0.25) is 0 Å². The highest BCUT2D eigenvalue weighted by molar-refractivity contribution is 5.68. The highest BCUT2D eigenvalue weighted by Crippen LogP contribution is 2.29. The number of benzene rings is 2. The molecule has 0 N–H and O–H groups in total. The summed E-state index contributed by atoms with van der Waals surface area (Å²) in [5, 5.41) is 0. The Morgan fingerprint density at radius 1 is 0.636 bits per heavy atom. The van der Waals surface area contributed by atoms with Crippen molar-refractivity contribution in [2.45, 2.75) is 65.2 Å². The SMILES string of the molecule is CCCCCc1cccc(-c2ccccc2)c1CCCCC. The predicted octanol–water partition coefficient (Wildman–Crippen LogP) is 6.82. The predicted molar refractivity (Wildman–Crippen MR) is 98.3 cm³/mol. The summed E-state index contributed by atoms with van der Waals surface area (Å²) in [5.41, 5.74) is 5.99. The molecule has 2 aromatic carbocycles. The summed E-state index contributed by atoms with van der Waals surface area (Å²) >= 11 is 0. The summed E-state index contributed by atoms with van der Waals surface area (Å²) in [5.74, 6) is 0. The number of unbranched alkanes of at least 4 members (excludes halogenated alkanes) is 4. The largest absolute Gasteiger partial charge is 0.0654 e. The van der Waals surface area contributed by atoms with Gasteiger partial charge in [-0.15, -0.1) is 0 Å². The van der Waals surface area contributed by atoms with E-state index in [9.17, 15) is 0 Å². The zero-order valence-corrected chi connectivity index (χ0v) is 14.3. The number of aryl methyl sites for hydroxylation is 1. The molecular weight excluding hydrogens is 264 g/mol. The van der Waals surface area contributed by atoms with Gasteiger partial charge in [-0.3, -0.25) is 0 Å². The van der Waals surface area contributed by atoms with Crippen LogP contribution in [0.3, 0.4) is 0 Å². The second-order valence-electron chi connectivity index (χ2n) is 6.22. The zero-order valence-electron chi connectivity index (χ0n) is 14.3. The van der Waals surface area contributed by atoms with Gasteiger partial charge in [-0.2, -0.15) is 0 Å². The highest BCUT2D eigenvalue weighted by Gasteiger charge is 2.09. The summed E-state index contributed by atoms with van der Waals surface area (Å²) in [4.78, 5) is 0. The highest BCUT2D eigenvalue weighted by atomic mass is 14.1. The standard InChI is InChI=1S/C22H30/c1-3-5-8-13-20-16-12-18-22(19-14-10-7-11-15-19)21(20)17-9-6-4-2/h7,10-12,14-16,18H,3-6,8-9,13,17H2,1-2H3. The van der Waals surface area contributed by atoms with Gasteiger partial charge in [-0.1, -0.05) is 88.1 Å². The first-order valence-electron chi connectivity index (χ1n) is 9.03. The molecule has 0 aromatic heterocycles. The van der Waals surface area contributed by atoms with Gasteiger partial charge in [0.1, 0.15) is 0 Å². The summed E-state index contributed by atoms with van der Waals surface area (Å²) in [6.07, 6.45) is 10.3. The van der Waals surface area contributed by atoms with E-state index in [2.05, 4.69) is 62.4 Å². The third kappa shape index (κ3) is 4.73. The molecule has 0 fully saturated rings. The summed E-state index contributed by atoms with van der Waals surface area (Å²) < 4.78 is 0. The van der Waals surface area contributed by atoms with Gasteiger partial charge in [0.25, 0.3) is 0 Å². The van der Waals surface area contributed by atoms with Gasteiger partial charge in [-0.05, 0) is 47.9 Å². The molecule has 0 bridgehead atoms. The first-order chi connectivity index (χ1) is 10.9. The van der Waals surface area contributed by atoms with E-state index in [-0.39, 0.29) is 0 Å². The van der Waals surface area contributed by atoms with Crippen molar-refractivity contribution >= 4 is 0 Å². The Morgan fingerprint density at radius 3 is 2.00 bits per heavy atom. The molecule has 0 aliphatic carbocycles. The van der Waals surface area contributed by atoms with E-state index in [4.69, 9.17) is 0 Å². The maximum absolute atomic E-state index is 2.35. The van der Waals surface area contributed by atoms with Crippen molar-refractivity contribution in [2.75, 3.05) is 0 Å². The monoisotopic (exact) mass is 294 g/mol. The molecule has 0 saturated heterocycles. The van der Waals surface area contributed by atoms with Gasteiger partial charge in [0, 0.05) is 0 Å².